The summed E-state index contributed by atoms with van der Waals surface area (Å²) in [6, 6.07) is 19.0. The first-order chi connectivity index (χ1) is 15.2. The average molecular weight is 421 g/mol. The first kappa shape index (κ1) is 20.4. The van der Waals surface area contributed by atoms with Gasteiger partial charge in [-0.2, -0.15) is 0 Å². The SMILES string of the molecule is Cc1cnc(-c2cccc3c2oc2nc(-c4c(C)cccc4C)ccc23)cc1C(C)(C)C. The van der Waals surface area contributed by atoms with Crippen molar-refractivity contribution in [3.05, 3.63) is 83.0 Å². The lowest BCUT2D eigenvalue weighted by Gasteiger charge is -2.22. The standard InChI is InChI=1S/C29H28N2O/c1-17-9-7-10-18(2)26(17)24-14-13-21-20-11-8-12-22(27(20)32-28(21)31-24)25-15-23(29(4,5)6)19(3)16-30-25/h7-16H,1-6H3. The predicted octanol–water partition coefficient (Wildman–Crippen LogP) is 7.93. The lowest BCUT2D eigenvalue weighted by molar-refractivity contribution is 0.585. The van der Waals surface area contributed by atoms with Crippen LogP contribution >= 0.6 is 0 Å². The Bertz CT molecular complexity index is 1460. The van der Waals surface area contributed by atoms with Gasteiger partial charge in [0.05, 0.1) is 11.4 Å². The second-order valence-corrected chi connectivity index (χ2v) is 9.73. The lowest BCUT2D eigenvalue weighted by Crippen LogP contribution is -2.13. The van der Waals surface area contributed by atoms with Gasteiger partial charge in [0.2, 0.25) is 5.71 Å². The average Bonchev–Trinajstić information content (AvgIpc) is 3.11. The lowest BCUT2D eigenvalue weighted by atomic mass is 9.84. The molecule has 3 nitrogen and oxygen atoms in total. The summed E-state index contributed by atoms with van der Waals surface area (Å²) in [6.45, 7) is 13.1. The van der Waals surface area contributed by atoms with Crippen LogP contribution in [0.25, 0.3) is 44.6 Å². The molecule has 0 spiro atoms. The van der Waals surface area contributed by atoms with Gasteiger partial charge in [0.1, 0.15) is 5.58 Å². The number of aromatic nitrogens is 2. The molecule has 3 aromatic heterocycles. The van der Waals surface area contributed by atoms with Crippen molar-refractivity contribution in [1.29, 1.82) is 0 Å². The molecule has 0 unspecified atom stereocenters. The highest BCUT2D eigenvalue weighted by Gasteiger charge is 2.20. The molecule has 3 heteroatoms. The Balaban J connectivity index is 1.72. The van der Waals surface area contributed by atoms with E-state index in [1.165, 1.54) is 27.8 Å². The summed E-state index contributed by atoms with van der Waals surface area (Å²) >= 11 is 0. The number of benzene rings is 2. The molecule has 3 heterocycles. The van der Waals surface area contributed by atoms with E-state index in [2.05, 4.69) is 96.1 Å². The third-order valence-corrected chi connectivity index (χ3v) is 6.29. The summed E-state index contributed by atoms with van der Waals surface area (Å²) in [5, 5.41) is 2.10. The Labute approximate surface area is 189 Å². The van der Waals surface area contributed by atoms with E-state index in [-0.39, 0.29) is 5.41 Å². The maximum absolute atomic E-state index is 6.38. The zero-order valence-corrected chi connectivity index (χ0v) is 19.6. The molecular weight excluding hydrogens is 392 g/mol. The van der Waals surface area contributed by atoms with Crippen LogP contribution in [0.15, 0.2) is 65.2 Å². The molecule has 0 aliphatic carbocycles. The van der Waals surface area contributed by atoms with Crippen LogP contribution in [0.4, 0.5) is 0 Å². The largest absolute Gasteiger partial charge is 0.437 e. The minimum Gasteiger partial charge on any atom is -0.437 e. The fourth-order valence-corrected chi connectivity index (χ4v) is 4.72. The number of hydrogen-bond donors (Lipinski definition) is 0. The number of rotatable bonds is 2. The van der Waals surface area contributed by atoms with Crippen molar-refractivity contribution in [3.8, 4) is 22.5 Å². The summed E-state index contributed by atoms with van der Waals surface area (Å²) in [4.78, 5) is 9.67. The molecule has 0 radical (unpaired) electrons. The Morgan fingerprint density at radius 3 is 2.19 bits per heavy atom. The number of nitrogens with zero attached hydrogens (tertiary/aromatic N) is 2. The highest BCUT2D eigenvalue weighted by Crippen LogP contribution is 2.37. The van der Waals surface area contributed by atoms with Crippen LogP contribution in [0.3, 0.4) is 0 Å². The van der Waals surface area contributed by atoms with Gasteiger partial charge in [-0.25, -0.2) is 4.98 Å². The molecule has 0 aliphatic rings. The number of furan rings is 1. The first-order valence-corrected chi connectivity index (χ1v) is 11.1. The van der Waals surface area contributed by atoms with Crippen LogP contribution in [0.2, 0.25) is 0 Å². The maximum Gasteiger partial charge on any atom is 0.227 e. The van der Waals surface area contributed by atoms with E-state index < -0.39 is 0 Å². The fraction of sp³-hybridized carbons (Fsp3) is 0.241. The number of fused-ring (bicyclic) bond motifs is 3. The molecule has 0 saturated heterocycles. The number of para-hydroxylation sites is 1. The van der Waals surface area contributed by atoms with Crippen molar-refractivity contribution in [2.24, 2.45) is 0 Å². The number of hydrogen-bond acceptors (Lipinski definition) is 3. The van der Waals surface area contributed by atoms with Crippen LogP contribution in [0.5, 0.6) is 0 Å². The van der Waals surface area contributed by atoms with E-state index in [4.69, 9.17) is 14.4 Å². The molecule has 0 aliphatic heterocycles. The summed E-state index contributed by atoms with van der Waals surface area (Å²) < 4.78 is 6.38. The zero-order valence-electron chi connectivity index (χ0n) is 19.6. The Morgan fingerprint density at radius 1 is 0.750 bits per heavy atom. The fourth-order valence-electron chi connectivity index (χ4n) is 4.72. The van der Waals surface area contributed by atoms with Gasteiger partial charge < -0.3 is 4.42 Å². The monoisotopic (exact) mass is 420 g/mol. The van der Waals surface area contributed by atoms with Gasteiger partial charge >= 0.3 is 0 Å². The van der Waals surface area contributed by atoms with Gasteiger partial charge in [-0.15, -0.1) is 0 Å². The topological polar surface area (TPSA) is 38.9 Å². The van der Waals surface area contributed by atoms with Crippen molar-refractivity contribution in [2.45, 2.75) is 47.0 Å². The van der Waals surface area contributed by atoms with Crippen LogP contribution in [-0.2, 0) is 5.41 Å². The summed E-state index contributed by atoms with van der Waals surface area (Å²) in [6.07, 6.45) is 1.97. The van der Waals surface area contributed by atoms with Crippen molar-refractivity contribution in [2.75, 3.05) is 0 Å². The van der Waals surface area contributed by atoms with Crippen molar-refractivity contribution < 1.29 is 4.42 Å². The second-order valence-electron chi connectivity index (χ2n) is 9.73. The zero-order chi connectivity index (χ0) is 22.6. The van der Waals surface area contributed by atoms with Crippen molar-refractivity contribution >= 4 is 22.1 Å². The van der Waals surface area contributed by atoms with Gasteiger partial charge in [-0.3, -0.25) is 4.98 Å². The molecule has 32 heavy (non-hydrogen) atoms. The maximum atomic E-state index is 6.38. The van der Waals surface area contributed by atoms with E-state index in [0.29, 0.717) is 5.71 Å². The van der Waals surface area contributed by atoms with Crippen LogP contribution in [0, 0.1) is 20.8 Å². The minimum absolute atomic E-state index is 0.0470. The van der Waals surface area contributed by atoms with E-state index in [9.17, 15) is 0 Å². The Hall–Kier alpha value is -3.46. The highest BCUT2D eigenvalue weighted by molar-refractivity contribution is 6.08. The quantitative estimate of drug-likeness (QED) is 0.291. The third kappa shape index (κ3) is 3.29. The predicted molar refractivity (Wildman–Crippen MR) is 133 cm³/mol. The van der Waals surface area contributed by atoms with Gasteiger partial charge in [-0.05, 0) is 72.7 Å². The van der Waals surface area contributed by atoms with Gasteiger partial charge in [0.15, 0.2) is 0 Å². The molecule has 0 bridgehead atoms. The van der Waals surface area contributed by atoms with Crippen molar-refractivity contribution in [3.63, 3.8) is 0 Å². The van der Waals surface area contributed by atoms with Crippen LogP contribution in [0.1, 0.15) is 43.0 Å². The van der Waals surface area contributed by atoms with Gasteiger partial charge in [0.25, 0.3) is 0 Å². The second kappa shape index (κ2) is 7.30. The molecule has 0 saturated carbocycles. The summed E-state index contributed by atoms with van der Waals surface area (Å²) in [5.74, 6) is 0. The van der Waals surface area contributed by atoms with Crippen LogP contribution < -0.4 is 0 Å². The Kier molecular flexibility index (Phi) is 4.67. The van der Waals surface area contributed by atoms with Gasteiger partial charge in [0, 0.05) is 28.1 Å². The number of aryl methyl sites for hydroxylation is 3. The molecule has 5 aromatic rings. The smallest absolute Gasteiger partial charge is 0.227 e. The third-order valence-electron chi connectivity index (χ3n) is 6.29. The number of pyridine rings is 2. The molecule has 2 aromatic carbocycles. The molecule has 0 amide bonds. The van der Waals surface area contributed by atoms with E-state index in [1.807, 2.05) is 6.20 Å². The first-order valence-electron chi connectivity index (χ1n) is 11.1. The molecule has 0 N–H and O–H groups in total. The molecule has 0 atom stereocenters. The molecular formula is C29H28N2O. The Morgan fingerprint density at radius 2 is 1.47 bits per heavy atom. The van der Waals surface area contributed by atoms with Crippen molar-refractivity contribution in [1.82, 2.24) is 9.97 Å². The molecule has 0 fully saturated rings. The molecule has 160 valence electrons. The molecule has 5 rings (SSSR count). The minimum atomic E-state index is 0.0470. The van der Waals surface area contributed by atoms with Crippen LogP contribution in [-0.4, -0.2) is 9.97 Å². The highest BCUT2D eigenvalue weighted by atomic mass is 16.3. The van der Waals surface area contributed by atoms with Gasteiger partial charge in [-0.1, -0.05) is 51.1 Å². The normalized spacial score (nSPS) is 12.1. The summed E-state index contributed by atoms with van der Waals surface area (Å²) in [7, 11) is 0. The van der Waals surface area contributed by atoms with E-state index in [1.54, 1.807) is 0 Å². The van der Waals surface area contributed by atoms with E-state index >= 15 is 0 Å². The summed E-state index contributed by atoms with van der Waals surface area (Å²) in [5.41, 5.74) is 10.5. The van der Waals surface area contributed by atoms with E-state index in [0.717, 1.165) is 33.3 Å².